The summed E-state index contributed by atoms with van der Waals surface area (Å²) in [6.45, 7) is 4.07. The SMILES string of the molecule is CCCCCC(=O)[O-].CCCCCC(=O)[O-].[Pb+2]. The molecule has 0 bridgehead atoms. The van der Waals surface area contributed by atoms with Crippen LogP contribution in [0.5, 0.6) is 0 Å². The van der Waals surface area contributed by atoms with Crippen LogP contribution < -0.4 is 10.2 Å². The first-order valence-corrected chi connectivity index (χ1v) is 5.94. The Bertz CT molecular complexity index is 163. The molecule has 0 aromatic heterocycles. The van der Waals surface area contributed by atoms with E-state index in [4.69, 9.17) is 0 Å². The monoisotopic (exact) mass is 438 g/mol. The zero-order valence-electron chi connectivity index (χ0n) is 10.8. The minimum atomic E-state index is -0.932. The summed E-state index contributed by atoms with van der Waals surface area (Å²) >= 11 is 0. The van der Waals surface area contributed by atoms with Crippen LogP contribution in [0.15, 0.2) is 0 Å². The van der Waals surface area contributed by atoms with E-state index < -0.39 is 11.9 Å². The molecule has 0 rings (SSSR count). The third-order valence-corrected chi connectivity index (χ3v) is 1.97. The molecule has 98 valence electrons. The van der Waals surface area contributed by atoms with E-state index in [-0.39, 0.29) is 40.1 Å². The van der Waals surface area contributed by atoms with Gasteiger partial charge in [0.15, 0.2) is 0 Å². The van der Waals surface area contributed by atoms with Crippen LogP contribution in [-0.4, -0.2) is 39.2 Å². The van der Waals surface area contributed by atoms with Gasteiger partial charge >= 0.3 is 27.3 Å². The van der Waals surface area contributed by atoms with Gasteiger partial charge in [0.2, 0.25) is 0 Å². The van der Waals surface area contributed by atoms with Gasteiger partial charge in [-0.25, -0.2) is 0 Å². The van der Waals surface area contributed by atoms with E-state index in [0.717, 1.165) is 38.5 Å². The number of rotatable bonds is 8. The minimum Gasteiger partial charge on any atom is -0.550 e. The smallest absolute Gasteiger partial charge is 0.550 e. The van der Waals surface area contributed by atoms with Gasteiger partial charge in [-0.3, -0.25) is 0 Å². The molecule has 0 fully saturated rings. The number of hydrogen-bond donors (Lipinski definition) is 0. The van der Waals surface area contributed by atoms with Gasteiger partial charge in [-0.2, -0.15) is 0 Å². The maximum Gasteiger partial charge on any atom is 2.00 e. The van der Waals surface area contributed by atoms with Crippen molar-refractivity contribution in [2.75, 3.05) is 0 Å². The van der Waals surface area contributed by atoms with E-state index in [0.29, 0.717) is 0 Å². The van der Waals surface area contributed by atoms with Gasteiger partial charge < -0.3 is 19.8 Å². The number of carbonyl (C=O) groups excluding carboxylic acids is 2. The van der Waals surface area contributed by atoms with Crippen molar-refractivity contribution in [1.29, 1.82) is 0 Å². The number of carbonyl (C=O) groups is 2. The van der Waals surface area contributed by atoms with E-state index in [1.807, 2.05) is 13.8 Å². The Morgan fingerprint density at radius 1 is 0.765 bits per heavy atom. The van der Waals surface area contributed by atoms with Gasteiger partial charge in [-0.15, -0.1) is 0 Å². The Balaban J connectivity index is -0.000000218. The van der Waals surface area contributed by atoms with Crippen LogP contribution in [0.4, 0.5) is 0 Å². The summed E-state index contributed by atoms with van der Waals surface area (Å²) in [5.74, 6) is -1.86. The van der Waals surface area contributed by atoms with E-state index in [1.54, 1.807) is 0 Å². The van der Waals surface area contributed by atoms with Gasteiger partial charge in [0.05, 0.1) is 0 Å². The fourth-order valence-corrected chi connectivity index (χ4v) is 1.04. The second-order valence-electron chi connectivity index (χ2n) is 3.66. The molecule has 2 radical (unpaired) electrons. The predicted molar refractivity (Wildman–Crippen MR) is 64.1 cm³/mol. The molecule has 0 unspecified atom stereocenters. The summed E-state index contributed by atoms with van der Waals surface area (Å²) < 4.78 is 0. The Morgan fingerprint density at radius 2 is 1.06 bits per heavy atom. The number of carboxylic acids is 2. The normalized spacial score (nSPS) is 8.59. The summed E-state index contributed by atoms with van der Waals surface area (Å²) in [6, 6.07) is 0. The maximum absolute atomic E-state index is 9.76. The van der Waals surface area contributed by atoms with Crippen molar-refractivity contribution in [3.63, 3.8) is 0 Å². The van der Waals surface area contributed by atoms with E-state index in [9.17, 15) is 19.8 Å². The van der Waals surface area contributed by atoms with Crippen LogP contribution in [0, 0.1) is 0 Å². The molecule has 0 aliphatic rings. The van der Waals surface area contributed by atoms with Crippen molar-refractivity contribution in [3.8, 4) is 0 Å². The van der Waals surface area contributed by atoms with Crippen LogP contribution in [0.3, 0.4) is 0 Å². The zero-order chi connectivity index (χ0) is 12.8. The number of carboxylic acid groups (broad SMARTS) is 2. The van der Waals surface area contributed by atoms with Crippen LogP contribution in [0.1, 0.15) is 65.2 Å². The van der Waals surface area contributed by atoms with E-state index in [1.165, 1.54) is 0 Å². The Labute approximate surface area is 124 Å². The largest absolute Gasteiger partial charge is 2.00 e. The predicted octanol–water partition coefficient (Wildman–Crippen LogP) is 0.252. The van der Waals surface area contributed by atoms with Gasteiger partial charge in [-0.1, -0.05) is 39.5 Å². The second-order valence-corrected chi connectivity index (χ2v) is 3.66. The van der Waals surface area contributed by atoms with Crippen molar-refractivity contribution >= 4 is 39.2 Å². The molecule has 5 heteroatoms. The van der Waals surface area contributed by atoms with Crippen molar-refractivity contribution < 1.29 is 19.8 Å². The molecule has 0 aromatic rings. The molecule has 4 nitrogen and oxygen atoms in total. The van der Waals surface area contributed by atoms with E-state index in [2.05, 4.69) is 0 Å². The number of hydrogen-bond acceptors (Lipinski definition) is 4. The molecule has 0 aromatic carbocycles. The molecule has 17 heavy (non-hydrogen) atoms. The first-order chi connectivity index (χ1) is 7.54. The van der Waals surface area contributed by atoms with Gasteiger partial charge in [0, 0.05) is 11.9 Å². The first-order valence-electron chi connectivity index (χ1n) is 5.94. The standard InChI is InChI=1S/2C6H12O2.Pb/c2*1-2-3-4-5-6(7)8;/h2*2-5H2,1H3,(H,7,8);/q;;+2/p-2. The first kappa shape index (κ1) is 22.1. The average Bonchev–Trinajstić information content (AvgIpc) is 2.18. The van der Waals surface area contributed by atoms with Gasteiger partial charge in [-0.05, 0) is 25.7 Å². The van der Waals surface area contributed by atoms with Crippen LogP contribution in [-0.2, 0) is 9.59 Å². The van der Waals surface area contributed by atoms with Crippen LogP contribution >= 0.6 is 0 Å². The molecule has 0 amide bonds. The summed E-state index contributed by atoms with van der Waals surface area (Å²) in [6.07, 6.45) is 6.07. The van der Waals surface area contributed by atoms with Gasteiger partial charge in [0.25, 0.3) is 0 Å². The van der Waals surface area contributed by atoms with Crippen LogP contribution in [0.2, 0.25) is 0 Å². The van der Waals surface area contributed by atoms with Crippen molar-refractivity contribution in [3.05, 3.63) is 0 Å². The molecule has 0 heterocycles. The summed E-state index contributed by atoms with van der Waals surface area (Å²) in [5.41, 5.74) is 0. The van der Waals surface area contributed by atoms with Crippen molar-refractivity contribution in [2.45, 2.75) is 65.2 Å². The topological polar surface area (TPSA) is 80.3 Å². The molecule has 0 spiro atoms. The Hall–Kier alpha value is -0.138. The molecule has 0 saturated carbocycles. The molecular weight excluding hydrogens is 415 g/mol. The zero-order valence-corrected chi connectivity index (χ0v) is 14.7. The Morgan fingerprint density at radius 3 is 1.24 bits per heavy atom. The fraction of sp³-hybridized carbons (Fsp3) is 0.833. The molecule has 0 aliphatic carbocycles. The molecule has 0 aliphatic heterocycles. The third-order valence-electron chi connectivity index (χ3n) is 1.97. The number of unbranched alkanes of at least 4 members (excludes halogenated alkanes) is 4. The van der Waals surface area contributed by atoms with Crippen molar-refractivity contribution in [1.82, 2.24) is 0 Å². The quantitative estimate of drug-likeness (QED) is 0.403. The van der Waals surface area contributed by atoms with Gasteiger partial charge in [0.1, 0.15) is 0 Å². The molecule has 0 saturated heterocycles. The minimum absolute atomic E-state index is 0. The maximum atomic E-state index is 9.76. The summed E-state index contributed by atoms with van der Waals surface area (Å²) in [5, 5.41) is 19.5. The van der Waals surface area contributed by atoms with Crippen molar-refractivity contribution in [2.24, 2.45) is 0 Å². The average molecular weight is 438 g/mol. The Kier molecular flexibility index (Phi) is 23.7. The molecule has 0 N–H and O–H groups in total. The summed E-state index contributed by atoms with van der Waals surface area (Å²) in [7, 11) is 0. The fourth-order valence-electron chi connectivity index (χ4n) is 1.04. The van der Waals surface area contributed by atoms with Crippen LogP contribution in [0.25, 0.3) is 0 Å². The molecular formula is C12H22O4Pb. The van der Waals surface area contributed by atoms with E-state index >= 15 is 0 Å². The second kappa shape index (κ2) is 18.2. The summed E-state index contributed by atoms with van der Waals surface area (Å²) in [4.78, 5) is 19.5. The third kappa shape index (κ3) is 31.3. The number of aliphatic carboxylic acids is 2. The molecule has 0 atom stereocenters.